The van der Waals surface area contributed by atoms with E-state index >= 15 is 0 Å². The molecule has 0 spiro atoms. The van der Waals surface area contributed by atoms with Crippen molar-refractivity contribution in [3.05, 3.63) is 51.5 Å². The Hall–Kier alpha value is -1.24. The van der Waals surface area contributed by atoms with Gasteiger partial charge in [0.25, 0.3) is 10.0 Å². The number of anilines is 1. The molecule has 0 aliphatic rings. The minimum Gasteiger partial charge on any atom is -0.495 e. The molecule has 21 heavy (non-hydrogen) atoms. The molecule has 112 valence electrons. The molecule has 4 nitrogen and oxygen atoms in total. The Bertz CT molecular complexity index is 778. The largest absolute Gasteiger partial charge is 0.495 e. The maximum absolute atomic E-state index is 12.3. The van der Waals surface area contributed by atoms with E-state index in [1.165, 1.54) is 19.2 Å². The van der Waals surface area contributed by atoms with E-state index in [2.05, 4.69) is 20.7 Å². The first-order valence-corrected chi connectivity index (χ1v) is 8.61. The van der Waals surface area contributed by atoms with E-state index in [1.54, 1.807) is 24.3 Å². The number of aryl methyl sites for hydroxylation is 1. The lowest BCUT2D eigenvalue weighted by atomic mass is 10.2. The lowest BCUT2D eigenvalue weighted by Gasteiger charge is -2.11. The zero-order valence-electron chi connectivity index (χ0n) is 11.4. The molecule has 0 aliphatic carbocycles. The quantitative estimate of drug-likeness (QED) is 0.850. The molecule has 0 amide bonds. The molecule has 7 heteroatoms. The van der Waals surface area contributed by atoms with Crippen LogP contribution in [0.5, 0.6) is 5.75 Å². The van der Waals surface area contributed by atoms with Crippen LogP contribution in [0.2, 0.25) is 5.02 Å². The van der Waals surface area contributed by atoms with E-state index in [4.69, 9.17) is 16.3 Å². The summed E-state index contributed by atoms with van der Waals surface area (Å²) in [5.41, 5.74) is 1.23. The zero-order valence-corrected chi connectivity index (χ0v) is 14.5. The molecule has 0 saturated heterocycles. The number of benzene rings is 2. The molecule has 1 N–H and O–H groups in total. The van der Waals surface area contributed by atoms with Crippen LogP contribution in [0, 0.1) is 6.92 Å². The monoisotopic (exact) mass is 389 g/mol. The highest BCUT2D eigenvalue weighted by molar-refractivity contribution is 9.10. The van der Waals surface area contributed by atoms with E-state index in [-0.39, 0.29) is 4.90 Å². The second kappa shape index (κ2) is 6.25. The molecule has 0 fully saturated rings. The standard InChI is InChI=1S/C14H13BrClNO3S/c1-9-7-11(4-5-12(9)15)21(18,19)17-10-3-6-13(16)14(8-10)20-2/h3-8,17H,1-2H3. The van der Waals surface area contributed by atoms with Crippen LogP contribution in [-0.2, 0) is 10.0 Å². The number of hydrogen-bond donors (Lipinski definition) is 1. The van der Waals surface area contributed by atoms with Gasteiger partial charge >= 0.3 is 0 Å². The first-order valence-electron chi connectivity index (χ1n) is 5.96. The normalized spacial score (nSPS) is 11.2. The maximum atomic E-state index is 12.3. The Morgan fingerprint density at radius 3 is 2.52 bits per heavy atom. The summed E-state index contributed by atoms with van der Waals surface area (Å²) in [6.07, 6.45) is 0. The topological polar surface area (TPSA) is 55.4 Å². The third kappa shape index (κ3) is 3.70. The van der Waals surface area contributed by atoms with Gasteiger partial charge in [0.15, 0.2) is 0 Å². The van der Waals surface area contributed by atoms with Crippen LogP contribution in [0.1, 0.15) is 5.56 Å². The predicted molar refractivity (Wildman–Crippen MR) is 87.7 cm³/mol. The van der Waals surface area contributed by atoms with Gasteiger partial charge in [0.2, 0.25) is 0 Å². The van der Waals surface area contributed by atoms with E-state index in [9.17, 15) is 8.42 Å². The third-order valence-electron chi connectivity index (χ3n) is 2.84. The number of hydrogen-bond acceptors (Lipinski definition) is 3. The Balaban J connectivity index is 2.35. The van der Waals surface area contributed by atoms with Crippen LogP contribution in [0.4, 0.5) is 5.69 Å². The Labute approximate surface area is 137 Å². The van der Waals surface area contributed by atoms with Crippen molar-refractivity contribution in [3.8, 4) is 5.75 Å². The van der Waals surface area contributed by atoms with Crippen molar-refractivity contribution in [2.24, 2.45) is 0 Å². The first-order chi connectivity index (χ1) is 9.83. The molecule has 0 bridgehead atoms. The van der Waals surface area contributed by atoms with Gasteiger partial charge in [-0.3, -0.25) is 4.72 Å². The Kier molecular flexibility index (Phi) is 4.81. The average molecular weight is 391 g/mol. The van der Waals surface area contributed by atoms with Gasteiger partial charge in [-0.05, 0) is 42.8 Å². The lowest BCUT2D eigenvalue weighted by molar-refractivity contribution is 0.415. The second-order valence-electron chi connectivity index (χ2n) is 4.37. The number of nitrogens with one attached hydrogen (secondary N) is 1. The van der Waals surface area contributed by atoms with Crippen LogP contribution in [0.25, 0.3) is 0 Å². The van der Waals surface area contributed by atoms with Crippen LogP contribution in [0.3, 0.4) is 0 Å². The summed E-state index contributed by atoms with van der Waals surface area (Å²) in [7, 11) is -2.19. The van der Waals surface area contributed by atoms with Crippen molar-refractivity contribution in [3.63, 3.8) is 0 Å². The SMILES string of the molecule is COc1cc(NS(=O)(=O)c2ccc(Br)c(C)c2)ccc1Cl. The molecule has 0 atom stereocenters. The summed E-state index contributed by atoms with van der Waals surface area (Å²) >= 11 is 9.26. The van der Waals surface area contributed by atoms with Gasteiger partial charge in [0.05, 0.1) is 22.7 Å². The molecule has 0 unspecified atom stereocenters. The summed E-state index contributed by atoms with van der Waals surface area (Å²) in [4.78, 5) is 0.192. The molecule has 0 aromatic heterocycles. The minimum absolute atomic E-state index is 0.192. The summed E-state index contributed by atoms with van der Waals surface area (Å²) in [5.74, 6) is 0.406. The first kappa shape index (κ1) is 16.1. The number of halogens is 2. The molecular weight excluding hydrogens is 378 g/mol. The molecule has 0 saturated carbocycles. The highest BCUT2D eigenvalue weighted by atomic mass is 79.9. The molecule has 0 radical (unpaired) electrons. The fraction of sp³-hybridized carbons (Fsp3) is 0.143. The molecule has 2 aromatic carbocycles. The minimum atomic E-state index is -3.66. The molecule has 0 aliphatic heterocycles. The highest BCUT2D eigenvalue weighted by Gasteiger charge is 2.16. The molecule has 2 aromatic rings. The zero-order chi connectivity index (χ0) is 15.6. The van der Waals surface area contributed by atoms with Gasteiger partial charge in [-0.15, -0.1) is 0 Å². The van der Waals surface area contributed by atoms with Crippen LogP contribution < -0.4 is 9.46 Å². The van der Waals surface area contributed by atoms with Crippen molar-refractivity contribution < 1.29 is 13.2 Å². The number of sulfonamides is 1. The van der Waals surface area contributed by atoms with E-state index in [1.807, 2.05) is 6.92 Å². The van der Waals surface area contributed by atoms with E-state index < -0.39 is 10.0 Å². The van der Waals surface area contributed by atoms with Crippen molar-refractivity contribution in [1.29, 1.82) is 0 Å². The van der Waals surface area contributed by atoms with Gasteiger partial charge in [0, 0.05) is 10.5 Å². The fourth-order valence-corrected chi connectivity index (χ4v) is 3.30. The Morgan fingerprint density at radius 2 is 1.90 bits per heavy atom. The summed E-state index contributed by atoms with van der Waals surface area (Å²) in [5, 5.41) is 0.417. The van der Waals surface area contributed by atoms with Gasteiger partial charge in [0.1, 0.15) is 5.75 Å². The lowest BCUT2D eigenvalue weighted by Crippen LogP contribution is -2.13. The van der Waals surface area contributed by atoms with Gasteiger partial charge < -0.3 is 4.74 Å². The number of methoxy groups -OCH3 is 1. The predicted octanol–water partition coefficient (Wildman–Crippen LogP) is 4.22. The van der Waals surface area contributed by atoms with Gasteiger partial charge in [-0.25, -0.2) is 8.42 Å². The van der Waals surface area contributed by atoms with Gasteiger partial charge in [-0.2, -0.15) is 0 Å². The highest BCUT2D eigenvalue weighted by Crippen LogP contribution is 2.29. The average Bonchev–Trinajstić information content (AvgIpc) is 2.43. The smallest absolute Gasteiger partial charge is 0.261 e. The summed E-state index contributed by atoms with van der Waals surface area (Å²) in [6, 6.07) is 9.52. The summed E-state index contributed by atoms with van der Waals surface area (Å²) < 4.78 is 33.1. The number of rotatable bonds is 4. The van der Waals surface area contributed by atoms with Crippen LogP contribution >= 0.6 is 27.5 Å². The fourth-order valence-electron chi connectivity index (χ4n) is 1.72. The summed E-state index contributed by atoms with van der Waals surface area (Å²) in [6.45, 7) is 1.83. The number of ether oxygens (including phenoxy) is 1. The van der Waals surface area contributed by atoms with Crippen LogP contribution in [-0.4, -0.2) is 15.5 Å². The van der Waals surface area contributed by atoms with Crippen molar-refractivity contribution in [2.45, 2.75) is 11.8 Å². The Morgan fingerprint density at radius 1 is 1.19 bits per heavy atom. The van der Waals surface area contributed by atoms with Crippen molar-refractivity contribution in [1.82, 2.24) is 0 Å². The molecule has 0 heterocycles. The molecule has 2 rings (SSSR count). The van der Waals surface area contributed by atoms with Crippen molar-refractivity contribution >= 4 is 43.2 Å². The maximum Gasteiger partial charge on any atom is 0.261 e. The van der Waals surface area contributed by atoms with Gasteiger partial charge in [-0.1, -0.05) is 27.5 Å². The third-order valence-corrected chi connectivity index (χ3v) is 5.42. The van der Waals surface area contributed by atoms with Crippen molar-refractivity contribution in [2.75, 3.05) is 11.8 Å². The van der Waals surface area contributed by atoms with E-state index in [0.717, 1.165) is 10.0 Å². The van der Waals surface area contributed by atoms with Crippen LogP contribution in [0.15, 0.2) is 45.8 Å². The molecular formula is C14H13BrClNO3S. The van der Waals surface area contributed by atoms with E-state index in [0.29, 0.717) is 16.5 Å². The second-order valence-corrected chi connectivity index (χ2v) is 7.31.